The normalized spacial score (nSPS) is 7.13. The minimum atomic E-state index is -0.333. The zero-order chi connectivity index (χ0) is 18.1. The number of aromatic amines is 1. The lowest BCUT2D eigenvalue weighted by Gasteiger charge is -1.89. The molecule has 0 spiro atoms. The van der Waals surface area contributed by atoms with Gasteiger partial charge in [-0.05, 0) is 13.8 Å². The third-order valence-corrected chi connectivity index (χ3v) is 1.36. The van der Waals surface area contributed by atoms with E-state index < -0.39 is 0 Å². The molecule has 10 nitrogen and oxygen atoms in total. The monoisotopic (exact) mass is 352 g/mol. The van der Waals surface area contributed by atoms with E-state index in [1.807, 2.05) is 0 Å². The van der Waals surface area contributed by atoms with Crippen molar-refractivity contribution in [3.63, 3.8) is 0 Å². The van der Waals surface area contributed by atoms with E-state index in [-0.39, 0.29) is 41.8 Å². The van der Waals surface area contributed by atoms with Crippen molar-refractivity contribution in [1.29, 1.82) is 5.41 Å². The summed E-state index contributed by atoms with van der Waals surface area (Å²) in [5, 5.41) is 14.9. The third kappa shape index (κ3) is 32.6. The van der Waals surface area contributed by atoms with Gasteiger partial charge in [-0.1, -0.05) is 6.92 Å². The number of rotatable bonds is 1. The predicted octanol–water partition coefficient (Wildman–Crippen LogP) is 0.134. The van der Waals surface area contributed by atoms with Crippen molar-refractivity contribution >= 4 is 30.4 Å². The predicted molar refractivity (Wildman–Crippen MR) is 83.4 cm³/mol. The molecule has 1 rings (SSSR count). The zero-order valence-corrected chi connectivity index (χ0v) is 14.0. The van der Waals surface area contributed by atoms with Crippen LogP contribution in [0.3, 0.4) is 0 Å². The molecule has 1 aromatic rings. The van der Waals surface area contributed by atoms with Crippen molar-refractivity contribution in [2.45, 2.75) is 27.2 Å². The molecular weight excluding hydrogens is 332 g/mol. The molecule has 1 heterocycles. The molecule has 0 aliphatic carbocycles. The Bertz CT molecular complexity index is 507. The average molecular weight is 353 g/mol. The van der Waals surface area contributed by atoms with Gasteiger partial charge in [0.25, 0.3) is 5.56 Å². The van der Waals surface area contributed by atoms with Crippen LogP contribution in [-0.2, 0) is 19.1 Å². The standard InChI is InChI=1S/C5H6N2O2.C4H8O2.C2H6N2.CO2.ClH/c1-3-6-4(8)2-5(9)7-3;1-3-4(5)6-2;1-2(3)4;2-1-3;/h2H,1H3,(H2,6,7,8,9);3H2,1-2H3;1H3,(H3,3,4);;1H. The summed E-state index contributed by atoms with van der Waals surface area (Å²) in [4.78, 5) is 42.6. The van der Waals surface area contributed by atoms with E-state index in [0.29, 0.717) is 12.2 Å². The fraction of sp³-hybridized carbons (Fsp3) is 0.417. The van der Waals surface area contributed by atoms with Crippen LogP contribution in [0.4, 0.5) is 0 Å². The first kappa shape index (κ1) is 28.5. The number of aromatic nitrogens is 2. The lowest BCUT2D eigenvalue weighted by molar-refractivity contribution is -0.191. The van der Waals surface area contributed by atoms with Gasteiger partial charge >= 0.3 is 12.1 Å². The number of methoxy groups -OCH3 is 1. The van der Waals surface area contributed by atoms with Crippen molar-refractivity contribution in [3.8, 4) is 5.88 Å². The number of aryl methyl sites for hydroxylation is 1. The average Bonchev–Trinajstić information content (AvgIpc) is 2.37. The molecule has 0 bridgehead atoms. The zero-order valence-electron chi connectivity index (χ0n) is 13.2. The first-order valence-corrected chi connectivity index (χ1v) is 5.78. The van der Waals surface area contributed by atoms with Gasteiger partial charge in [-0.3, -0.25) is 15.0 Å². The summed E-state index contributed by atoms with van der Waals surface area (Å²) >= 11 is 0. The number of hydrogen-bond acceptors (Lipinski definition) is 8. The molecule has 0 aliphatic rings. The van der Waals surface area contributed by atoms with Crippen LogP contribution in [0.1, 0.15) is 26.1 Å². The molecule has 0 saturated heterocycles. The molecule has 0 aromatic carbocycles. The Labute approximate surface area is 139 Å². The summed E-state index contributed by atoms with van der Waals surface area (Å²) in [5.41, 5.74) is 4.36. The number of carbonyl (C=O) groups excluding carboxylic acids is 3. The quantitative estimate of drug-likeness (QED) is 0.313. The molecule has 132 valence electrons. The van der Waals surface area contributed by atoms with Gasteiger partial charge in [0.05, 0.1) is 19.0 Å². The Balaban J connectivity index is -0.000000114. The van der Waals surface area contributed by atoms with E-state index in [1.165, 1.54) is 14.0 Å². The summed E-state index contributed by atoms with van der Waals surface area (Å²) in [6.45, 7) is 4.88. The fourth-order valence-corrected chi connectivity index (χ4v) is 0.708. The van der Waals surface area contributed by atoms with Crippen LogP contribution >= 0.6 is 12.4 Å². The van der Waals surface area contributed by atoms with E-state index in [4.69, 9.17) is 25.8 Å². The largest absolute Gasteiger partial charge is 0.493 e. The molecule has 0 radical (unpaired) electrons. The van der Waals surface area contributed by atoms with Crippen LogP contribution in [0, 0.1) is 12.3 Å². The molecule has 1 aromatic heterocycles. The Kier molecular flexibility index (Phi) is 23.9. The lowest BCUT2D eigenvalue weighted by Crippen LogP contribution is -2.06. The smallest absolute Gasteiger partial charge is 0.373 e. The summed E-state index contributed by atoms with van der Waals surface area (Å²) in [6, 6.07) is 1.02. The Hall–Kier alpha value is -2.71. The highest BCUT2D eigenvalue weighted by Crippen LogP contribution is 1.94. The highest BCUT2D eigenvalue weighted by atomic mass is 35.5. The Morgan fingerprint density at radius 2 is 1.91 bits per heavy atom. The molecule has 11 heteroatoms. The Morgan fingerprint density at radius 3 is 2.09 bits per heavy atom. The van der Waals surface area contributed by atoms with Gasteiger partial charge in [-0.25, -0.2) is 4.98 Å². The molecule has 0 aliphatic heterocycles. The summed E-state index contributed by atoms with van der Waals surface area (Å²) in [7, 11) is 1.38. The van der Waals surface area contributed by atoms with Gasteiger partial charge in [0.15, 0.2) is 0 Å². The van der Waals surface area contributed by atoms with Gasteiger partial charge in [0, 0.05) is 6.42 Å². The molecule has 0 amide bonds. The second-order valence-corrected chi connectivity index (χ2v) is 3.39. The maximum atomic E-state index is 10.5. The minimum absolute atomic E-state index is 0. The second kappa shape index (κ2) is 19.3. The van der Waals surface area contributed by atoms with Crippen LogP contribution in [0.5, 0.6) is 5.88 Å². The topological polar surface area (TPSA) is 176 Å². The molecular formula is C12H21ClN4O6. The lowest BCUT2D eigenvalue weighted by atomic mass is 10.5. The van der Waals surface area contributed by atoms with E-state index in [0.717, 1.165) is 6.07 Å². The van der Waals surface area contributed by atoms with Crippen LogP contribution in [0.15, 0.2) is 10.9 Å². The maximum absolute atomic E-state index is 10.5. The number of nitrogens with zero attached hydrogens (tertiary/aromatic N) is 1. The second-order valence-electron chi connectivity index (χ2n) is 3.39. The van der Waals surface area contributed by atoms with E-state index in [9.17, 15) is 9.59 Å². The number of aromatic hydroxyl groups is 1. The number of esters is 1. The maximum Gasteiger partial charge on any atom is 0.373 e. The van der Waals surface area contributed by atoms with Gasteiger partial charge in [-0.15, -0.1) is 12.4 Å². The number of amidine groups is 1. The van der Waals surface area contributed by atoms with Crippen molar-refractivity contribution in [2.75, 3.05) is 7.11 Å². The summed E-state index contributed by atoms with van der Waals surface area (Å²) in [6.07, 6.45) is 0.719. The van der Waals surface area contributed by atoms with Crippen molar-refractivity contribution in [1.82, 2.24) is 9.97 Å². The first-order chi connectivity index (χ1) is 10.1. The van der Waals surface area contributed by atoms with Gasteiger partial charge in [0.1, 0.15) is 5.82 Å². The number of halogens is 1. The van der Waals surface area contributed by atoms with Gasteiger partial charge in [0.2, 0.25) is 5.88 Å². The molecule has 0 unspecified atom stereocenters. The number of hydrogen-bond donors (Lipinski definition) is 4. The fourth-order valence-electron chi connectivity index (χ4n) is 0.708. The number of ether oxygens (including phenoxy) is 1. The van der Waals surface area contributed by atoms with E-state index >= 15 is 0 Å². The van der Waals surface area contributed by atoms with Crippen molar-refractivity contribution in [2.24, 2.45) is 5.73 Å². The molecule has 0 saturated carbocycles. The van der Waals surface area contributed by atoms with Crippen LogP contribution in [-0.4, -0.2) is 40.1 Å². The highest BCUT2D eigenvalue weighted by Gasteiger charge is 1.91. The highest BCUT2D eigenvalue weighted by molar-refractivity contribution is 5.85. The molecule has 0 fully saturated rings. The Morgan fingerprint density at radius 1 is 1.52 bits per heavy atom. The van der Waals surface area contributed by atoms with E-state index in [2.05, 4.69) is 14.7 Å². The van der Waals surface area contributed by atoms with Gasteiger partial charge < -0.3 is 20.6 Å². The minimum Gasteiger partial charge on any atom is -0.493 e. The van der Waals surface area contributed by atoms with Crippen LogP contribution in [0.2, 0.25) is 0 Å². The number of nitrogens with one attached hydrogen (secondary N) is 2. The van der Waals surface area contributed by atoms with E-state index in [1.54, 1.807) is 13.8 Å². The summed E-state index contributed by atoms with van der Waals surface area (Å²) < 4.78 is 4.26. The van der Waals surface area contributed by atoms with Gasteiger partial charge in [-0.2, -0.15) is 9.59 Å². The number of H-pyrrole nitrogens is 1. The molecule has 0 atom stereocenters. The van der Waals surface area contributed by atoms with Crippen molar-refractivity contribution < 1.29 is 24.2 Å². The number of carbonyl (C=O) groups is 1. The van der Waals surface area contributed by atoms with Crippen LogP contribution < -0.4 is 11.3 Å². The van der Waals surface area contributed by atoms with Crippen molar-refractivity contribution in [3.05, 3.63) is 22.2 Å². The number of nitrogens with two attached hydrogens (primary N) is 1. The molecule has 23 heavy (non-hydrogen) atoms. The van der Waals surface area contributed by atoms with Crippen LogP contribution in [0.25, 0.3) is 0 Å². The third-order valence-electron chi connectivity index (χ3n) is 1.36. The summed E-state index contributed by atoms with van der Waals surface area (Å²) in [5.74, 6) is 0.186. The SMILES string of the molecule is CC(=N)N.CCC(=O)OC.Cc1nc(O)cc(=O)[nH]1.Cl.O=C=O. The molecule has 5 N–H and O–H groups in total. The first-order valence-electron chi connectivity index (χ1n) is 5.78.